The smallest absolute Gasteiger partial charge is 0.226 e. The molecule has 152 valence electrons. The van der Waals surface area contributed by atoms with Crippen molar-refractivity contribution < 1.29 is 4.79 Å². The quantitative estimate of drug-likeness (QED) is 0.637. The normalized spacial score (nSPS) is 17.3. The lowest BCUT2D eigenvalue weighted by Gasteiger charge is -2.30. The highest BCUT2D eigenvalue weighted by atomic mass is 32.1. The first-order valence-corrected chi connectivity index (χ1v) is 11.1. The summed E-state index contributed by atoms with van der Waals surface area (Å²) in [6.07, 6.45) is 7.45. The number of aryl methyl sites for hydroxylation is 1. The molecule has 1 unspecified atom stereocenters. The zero-order chi connectivity index (χ0) is 20.1. The van der Waals surface area contributed by atoms with Crippen LogP contribution in [-0.2, 0) is 17.8 Å². The molecule has 0 spiro atoms. The number of carbonyl (C=O) groups is 1. The van der Waals surface area contributed by atoms with Crippen molar-refractivity contribution in [3.8, 4) is 5.69 Å². The number of rotatable bonds is 7. The molecule has 1 atom stereocenters. The second-order valence-electron chi connectivity index (χ2n) is 7.80. The van der Waals surface area contributed by atoms with E-state index in [0.29, 0.717) is 18.0 Å². The number of nitrogens with zero attached hydrogens (tertiary/aromatic N) is 4. The minimum absolute atomic E-state index is 0.00930. The number of benzene rings is 1. The van der Waals surface area contributed by atoms with Crippen LogP contribution >= 0.6 is 11.3 Å². The van der Waals surface area contributed by atoms with Gasteiger partial charge in [0, 0.05) is 31.1 Å². The Bertz CT molecular complexity index is 936. The molecule has 1 N–H and O–H groups in total. The zero-order valence-corrected chi connectivity index (χ0v) is 17.6. The summed E-state index contributed by atoms with van der Waals surface area (Å²) in [6.45, 7) is 5.45. The topological polar surface area (TPSA) is 63.1 Å². The number of hydrogen-bond acceptors (Lipinski definition) is 5. The third-order valence-corrected chi connectivity index (χ3v) is 6.03. The fraction of sp³-hybridized carbons (Fsp3) is 0.409. The summed E-state index contributed by atoms with van der Waals surface area (Å²) < 4.78 is 1.84. The Kier molecular flexibility index (Phi) is 6.36. The highest BCUT2D eigenvalue weighted by Gasteiger charge is 2.17. The third-order valence-electron chi connectivity index (χ3n) is 5.22. The first-order chi connectivity index (χ1) is 14.2. The SMILES string of the molecule is CC1CCCN(Cc2csc(NC(=O)CCc3cnn(-c4ccccc4)c3)n2)C1. The van der Waals surface area contributed by atoms with Gasteiger partial charge in [-0.05, 0) is 49.4 Å². The van der Waals surface area contributed by atoms with Gasteiger partial charge in [0.25, 0.3) is 0 Å². The highest BCUT2D eigenvalue weighted by molar-refractivity contribution is 7.13. The van der Waals surface area contributed by atoms with Gasteiger partial charge in [0.1, 0.15) is 0 Å². The number of carbonyl (C=O) groups excluding carboxylic acids is 1. The molecule has 0 radical (unpaired) electrons. The van der Waals surface area contributed by atoms with E-state index < -0.39 is 0 Å². The summed E-state index contributed by atoms with van der Waals surface area (Å²) in [6, 6.07) is 9.97. The van der Waals surface area contributed by atoms with E-state index in [1.165, 1.54) is 24.2 Å². The molecule has 0 aliphatic carbocycles. The van der Waals surface area contributed by atoms with Crippen molar-refractivity contribution in [1.29, 1.82) is 0 Å². The minimum atomic E-state index is -0.00930. The van der Waals surface area contributed by atoms with Gasteiger partial charge in [-0.2, -0.15) is 5.10 Å². The van der Waals surface area contributed by atoms with Crippen molar-refractivity contribution >= 4 is 22.4 Å². The molecule has 1 saturated heterocycles. The van der Waals surface area contributed by atoms with Crippen molar-refractivity contribution in [3.05, 3.63) is 59.4 Å². The van der Waals surface area contributed by atoms with Gasteiger partial charge >= 0.3 is 0 Å². The molecule has 1 aliphatic heterocycles. The Morgan fingerprint density at radius 3 is 3.00 bits per heavy atom. The number of aromatic nitrogens is 3. The molecule has 0 saturated carbocycles. The molecule has 29 heavy (non-hydrogen) atoms. The summed E-state index contributed by atoms with van der Waals surface area (Å²) in [4.78, 5) is 19.4. The summed E-state index contributed by atoms with van der Waals surface area (Å²) in [5.74, 6) is 0.748. The molecular formula is C22H27N5OS. The Hall–Kier alpha value is -2.51. The van der Waals surface area contributed by atoms with E-state index in [0.717, 1.165) is 42.5 Å². The molecule has 3 heterocycles. The molecular weight excluding hydrogens is 382 g/mol. The Balaban J connectivity index is 1.25. The average Bonchev–Trinajstić information content (AvgIpc) is 3.37. The highest BCUT2D eigenvalue weighted by Crippen LogP contribution is 2.21. The lowest BCUT2D eigenvalue weighted by Crippen LogP contribution is -2.33. The number of piperidine rings is 1. The summed E-state index contributed by atoms with van der Waals surface area (Å²) in [5.41, 5.74) is 3.10. The number of anilines is 1. The van der Waals surface area contributed by atoms with Gasteiger partial charge in [0.2, 0.25) is 5.91 Å². The molecule has 1 fully saturated rings. The minimum Gasteiger partial charge on any atom is -0.302 e. The summed E-state index contributed by atoms with van der Waals surface area (Å²) in [7, 11) is 0. The van der Waals surface area contributed by atoms with E-state index in [2.05, 4.69) is 32.6 Å². The number of amides is 1. The number of thiazole rings is 1. The van der Waals surface area contributed by atoms with Gasteiger partial charge in [-0.1, -0.05) is 25.1 Å². The average molecular weight is 410 g/mol. The first kappa shape index (κ1) is 19.8. The van der Waals surface area contributed by atoms with Gasteiger partial charge in [0.15, 0.2) is 5.13 Å². The molecule has 0 bridgehead atoms. The van der Waals surface area contributed by atoms with Crippen LogP contribution in [-0.4, -0.2) is 38.7 Å². The van der Waals surface area contributed by atoms with Crippen molar-refractivity contribution in [1.82, 2.24) is 19.7 Å². The van der Waals surface area contributed by atoms with Crippen LogP contribution in [0.5, 0.6) is 0 Å². The molecule has 6 nitrogen and oxygen atoms in total. The van der Waals surface area contributed by atoms with E-state index in [1.54, 1.807) is 0 Å². The van der Waals surface area contributed by atoms with E-state index in [-0.39, 0.29) is 5.91 Å². The molecule has 1 aliphatic rings. The monoisotopic (exact) mass is 409 g/mol. The molecule has 4 rings (SSSR count). The fourth-order valence-corrected chi connectivity index (χ4v) is 4.46. The number of nitrogens with one attached hydrogen (secondary N) is 1. The van der Waals surface area contributed by atoms with E-state index >= 15 is 0 Å². The number of hydrogen-bond donors (Lipinski definition) is 1. The van der Waals surface area contributed by atoms with Gasteiger partial charge in [-0.15, -0.1) is 11.3 Å². The van der Waals surface area contributed by atoms with Crippen LogP contribution in [0.4, 0.5) is 5.13 Å². The second-order valence-corrected chi connectivity index (χ2v) is 8.66. The van der Waals surface area contributed by atoms with Crippen LogP contribution in [0, 0.1) is 5.92 Å². The number of likely N-dealkylation sites (tertiary alicyclic amines) is 1. The lowest BCUT2D eigenvalue weighted by atomic mass is 10.0. The molecule has 2 aromatic heterocycles. The summed E-state index contributed by atoms with van der Waals surface area (Å²) >= 11 is 1.50. The van der Waals surface area contributed by atoms with Gasteiger partial charge in [0.05, 0.1) is 17.6 Å². The molecule has 7 heteroatoms. The van der Waals surface area contributed by atoms with Crippen LogP contribution in [0.3, 0.4) is 0 Å². The van der Waals surface area contributed by atoms with E-state index in [9.17, 15) is 4.79 Å². The molecule has 1 amide bonds. The fourth-order valence-electron chi connectivity index (χ4n) is 3.75. The van der Waals surface area contributed by atoms with Crippen LogP contribution in [0.25, 0.3) is 5.69 Å². The largest absolute Gasteiger partial charge is 0.302 e. The zero-order valence-electron chi connectivity index (χ0n) is 16.8. The Labute approximate surface area is 175 Å². The van der Waals surface area contributed by atoms with Crippen LogP contribution < -0.4 is 5.32 Å². The van der Waals surface area contributed by atoms with Crippen LogP contribution in [0.2, 0.25) is 0 Å². The molecule has 3 aromatic rings. The number of para-hydroxylation sites is 1. The maximum atomic E-state index is 12.3. The van der Waals surface area contributed by atoms with Gasteiger partial charge in [-0.25, -0.2) is 9.67 Å². The van der Waals surface area contributed by atoms with E-state index in [4.69, 9.17) is 0 Å². The standard InChI is InChI=1S/C22H27N5OS/c1-17-6-5-11-26(13-17)15-19-16-29-22(24-19)25-21(28)10-9-18-12-23-27(14-18)20-7-3-2-4-8-20/h2-4,7-8,12,14,16-17H,5-6,9-11,13,15H2,1H3,(H,24,25,28). The van der Waals surface area contributed by atoms with Gasteiger partial charge < -0.3 is 5.32 Å². The van der Waals surface area contributed by atoms with Crippen LogP contribution in [0.15, 0.2) is 48.1 Å². The van der Waals surface area contributed by atoms with Crippen molar-refractivity contribution in [2.45, 2.75) is 39.2 Å². The predicted octanol–water partition coefficient (Wildman–Crippen LogP) is 4.13. The third kappa shape index (κ3) is 5.52. The van der Waals surface area contributed by atoms with Crippen LogP contribution in [0.1, 0.15) is 37.4 Å². The van der Waals surface area contributed by atoms with Gasteiger partial charge in [-0.3, -0.25) is 9.69 Å². The summed E-state index contributed by atoms with van der Waals surface area (Å²) in [5, 5.41) is 10.1. The van der Waals surface area contributed by atoms with Crippen molar-refractivity contribution in [2.75, 3.05) is 18.4 Å². The second kappa shape index (κ2) is 9.33. The Morgan fingerprint density at radius 1 is 1.31 bits per heavy atom. The Morgan fingerprint density at radius 2 is 2.17 bits per heavy atom. The lowest BCUT2D eigenvalue weighted by molar-refractivity contribution is -0.116. The maximum absolute atomic E-state index is 12.3. The first-order valence-electron chi connectivity index (χ1n) is 10.2. The van der Waals surface area contributed by atoms with E-state index in [1.807, 2.05) is 47.4 Å². The molecule has 1 aromatic carbocycles. The van der Waals surface area contributed by atoms with Crippen molar-refractivity contribution in [3.63, 3.8) is 0 Å². The maximum Gasteiger partial charge on any atom is 0.226 e. The predicted molar refractivity (Wildman–Crippen MR) is 116 cm³/mol. The van der Waals surface area contributed by atoms with Crippen molar-refractivity contribution in [2.24, 2.45) is 5.92 Å².